The summed E-state index contributed by atoms with van der Waals surface area (Å²) in [5.41, 5.74) is 6.79. The molecule has 18 heavy (non-hydrogen) atoms. The number of halogens is 1. The third-order valence-corrected chi connectivity index (χ3v) is 2.70. The van der Waals surface area contributed by atoms with Gasteiger partial charge in [-0.05, 0) is 18.8 Å². The Morgan fingerprint density at radius 1 is 1.56 bits per heavy atom. The highest BCUT2D eigenvalue weighted by atomic mass is 35.5. The number of H-pyrrole nitrogens is 1. The minimum absolute atomic E-state index is 0. The van der Waals surface area contributed by atoms with Crippen molar-refractivity contribution in [2.24, 2.45) is 11.7 Å². The highest BCUT2D eigenvalue weighted by Crippen LogP contribution is 2.09. The van der Waals surface area contributed by atoms with Crippen LogP contribution in [0.25, 0.3) is 0 Å². The van der Waals surface area contributed by atoms with Gasteiger partial charge in [0, 0.05) is 11.8 Å². The number of carbonyl (C=O) groups is 1. The van der Waals surface area contributed by atoms with Gasteiger partial charge in [-0.2, -0.15) is 5.10 Å². The molecule has 0 saturated heterocycles. The third kappa shape index (κ3) is 5.06. The van der Waals surface area contributed by atoms with Gasteiger partial charge in [0.05, 0.1) is 6.04 Å². The van der Waals surface area contributed by atoms with E-state index in [9.17, 15) is 4.79 Å². The zero-order chi connectivity index (χ0) is 12.8. The number of anilines is 1. The Labute approximate surface area is 114 Å². The Bertz CT molecular complexity index is 365. The Balaban J connectivity index is 0.00000289. The van der Waals surface area contributed by atoms with Crippen molar-refractivity contribution >= 4 is 24.1 Å². The van der Waals surface area contributed by atoms with Crippen LogP contribution in [-0.4, -0.2) is 22.1 Å². The Hall–Kier alpha value is -1.07. The maximum Gasteiger partial charge on any atom is 0.242 e. The summed E-state index contributed by atoms with van der Waals surface area (Å²) in [6, 6.07) is 1.37. The van der Waals surface area contributed by atoms with E-state index in [1.165, 1.54) is 0 Å². The number of hydrogen-bond donors (Lipinski definition) is 3. The number of nitrogens with one attached hydrogen (secondary N) is 2. The number of aryl methyl sites for hydroxylation is 1. The molecule has 1 aromatic rings. The van der Waals surface area contributed by atoms with E-state index in [1.54, 1.807) is 0 Å². The van der Waals surface area contributed by atoms with Crippen LogP contribution < -0.4 is 11.1 Å². The second-order valence-corrected chi connectivity index (χ2v) is 4.64. The van der Waals surface area contributed by atoms with E-state index in [4.69, 9.17) is 5.73 Å². The Morgan fingerprint density at radius 3 is 2.78 bits per heavy atom. The lowest BCUT2D eigenvalue weighted by molar-refractivity contribution is -0.118. The second-order valence-electron chi connectivity index (χ2n) is 4.64. The van der Waals surface area contributed by atoms with Crippen molar-refractivity contribution in [1.29, 1.82) is 0 Å². The van der Waals surface area contributed by atoms with E-state index in [2.05, 4.69) is 22.4 Å². The van der Waals surface area contributed by atoms with Crippen LogP contribution in [0.1, 0.15) is 39.3 Å². The van der Waals surface area contributed by atoms with Gasteiger partial charge in [0.2, 0.25) is 5.91 Å². The molecule has 0 fully saturated rings. The number of nitrogens with two attached hydrogens (primary N) is 1. The molecule has 6 heteroatoms. The van der Waals surface area contributed by atoms with Crippen LogP contribution in [0, 0.1) is 5.92 Å². The lowest BCUT2D eigenvalue weighted by Gasteiger charge is -2.13. The molecule has 104 valence electrons. The van der Waals surface area contributed by atoms with Gasteiger partial charge in [-0.15, -0.1) is 12.4 Å². The fourth-order valence-corrected chi connectivity index (χ4v) is 1.43. The summed E-state index contributed by atoms with van der Waals surface area (Å²) in [5, 5.41) is 9.66. The zero-order valence-corrected chi connectivity index (χ0v) is 12.0. The number of nitrogens with zero attached hydrogens (tertiary/aromatic N) is 1. The van der Waals surface area contributed by atoms with E-state index >= 15 is 0 Å². The molecule has 1 heterocycles. The molecular formula is C12H23ClN4O. The fourth-order valence-electron chi connectivity index (χ4n) is 1.43. The van der Waals surface area contributed by atoms with Crippen LogP contribution in [0.2, 0.25) is 0 Å². The fraction of sp³-hybridized carbons (Fsp3) is 0.667. The summed E-state index contributed by atoms with van der Waals surface area (Å²) in [6.45, 7) is 5.98. The molecule has 0 unspecified atom stereocenters. The minimum Gasteiger partial charge on any atom is -0.320 e. The number of amides is 1. The first kappa shape index (κ1) is 16.9. The van der Waals surface area contributed by atoms with Crippen molar-refractivity contribution in [3.63, 3.8) is 0 Å². The van der Waals surface area contributed by atoms with Crippen LogP contribution in [-0.2, 0) is 11.2 Å². The van der Waals surface area contributed by atoms with Crippen molar-refractivity contribution in [2.45, 2.75) is 46.1 Å². The highest BCUT2D eigenvalue weighted by Gasteiger charge is 2.17. The number of carbonyl (C=O) groups excluding carboxylic acids is 1. The van der Waals surface area contributed by atoms with E-state index in [1.807, 2.05) is 19.9 Å². The number of aromatic amines is 1. The minimum atomic E-state index is -0.495. The lowest BCUT2D eigenvalue weighted by Crippen LogP contribution is -2.39. The normalized spacial score (nSPS) is 12.1. The van der Waals surface area contributed by atoms with Crippen LogP contribution in [0.3, 0.4) is 0 Å². The molecule has 0 aliphatic heterocycles. The molecule has 1 amide bonds. The molecule has 0 aliphatic carbocycles. The van der Waals surface area contributed by atoms with Gasteiger partial charge >= 0.3 is 0 Å². The predicted octanol–water partition coefficient (Wildman–Crippen LogP) is 2.10. The van der Waals surface area contributed by atoms with Gasteiger partial charge < -0.3 is 11.1 Å². The maximum absolute atomic E-state index is 11.7. The molecule has 0 aliphatic rings. The number of hydrogen-bond acceptors (Lipinski definition) is 3. The van der Waals surface area contributed by atoms with Crippen molar-refractivity contribution < 1.29 is 4.79 Å². The molecule has 0 saturated carbocycles. The average molecular weight is 275 g/mol. The molecule has 0 spiro atoms. The summed E-state index contributed by atoms with van der Waals surface area (Å²) < 4.78 is 0. The van der Waals surface area contributed by atoms with Gasteiger partial charge in [-0.3, -0.25) is 9.89 Å². The van der Waals surface area contributed by atoms with Gasteiger partial charge in [-0.25, -0.2) is 0 Å². The van der Waals surface area contributed by atoms with Crippen LogP contribution in [0.4, 0.5) is 5.82 Å². The summed E-state index contributed by atoms with van der Waals surface area (Å²) in [6.07, 6.45) is 3.20. The van der Waals surface area contributed by atoms with E-state index in [0.29, 0.717) is 5.82 Å². The number of aromatic nitrogens is 2. The first-order valence-corrected chi connectivity index (χ1v) is 6.15. The number of rotatable bonds is 6. The van der Waals surface area contributed by atoms with E-state index in [0.717, 1.165) is 25.0 Å². The molecule has 4 N–H and O–H groups in total. The second kappa shape index (κ2) is 8.11. The molecule has 0 aromatic carbocycles. The van der Waals surface area contributed by atoms with Gasteiger partial charge in [0.15, 0.2) is 5.82 Å². The molecule has 0 bridgehead atoms. The standard InChI is InChI=1S/C12H22N4O.ClH/c1-4-5-6-9-7-10(16-15-9)14-12(17)11(13)8(2)3;/h7-8,11H,4-6,13H2,1-3H3,(H2,14,15,16,17);1H/t11-;/m0./s1. The molecule has 1 atom stereocenters. The molecule has 1 aromatic heterocycles. The van der Waals surface area contributed by atoms with Crippen LogP contribution >= 0.6 is 12.4 Å². The predicted molar refractivity (Wildman–Crippen MR) is 75.9 cm³/mol. The van der Waals surface area contributed by atoms with Crippen molar-refractivity contribution in [2.75, 3.05) is 5.32 Å². The first-order chi connectivity index (χ1) is 8.04. The van der Waals surface area contributed by atoms with Gasteiger partial charge in [0.1, 0.15) is 0 Å². The molecular weight excluding hydrogens is 252 g/mol. The summed E-state index contributed by atoms with van der Waals surface area (Å²) in [7, 11) is 0. The van der Waals surface area contributed by atoms with Crippen molar-refractivity contribution in [3.8, 4) is 0 Å². The lowest BCUT2D eigenvalue weighted by atomic mass is 10.1. The molecule has 5 nitrogen and oxygen atoms in total. The smallest absolute Gasteiger partial charge is 0.242 e. The Morgan fingerprint density at radius 2 is 2.22 bits per heavy atom. The highest BCUT2D eigenvalue weighted by molar-refractivity contribution is 5.94. The molecule has 0 radical (unpaired) electrons. The van der Waals surface area contributed by atoms with Gasteiger partial charge in [0.25, 0.3) is 0 Å². The third-order valence-electron chi connectivity index (χ3n) is 2.70. The average Bonchev–Trinajstić information content (AvgIpc) is 2.72. The van der Waals surface area contributed by atoms with Crippen molar-refractivity contribution in [3.05, 3.63) is 11.8 Å². The van der Waals surface area contributed by atoms with Crippen LogP contribution in [0.5, 0.6) is 0 Å². The zero-order valence-electron chi connectivity index (χ0n) is 11.2. The summed E-state index contributed by atoms with van der Waals surface area (Å²) in [4.78, 5) is 11.7. The van der Waals surface area contributed by atoms with E-state index in [-0.39, 0.29) is 24.2 Å². The van der Waals surface area contributed by atoms with Crippen molar-refractivity contribution in [1.82, 2.24) is 10.2 Å². The topological polar surface area (TPSA) is 83.8 Å². The van der Waals surface area contributed by atoms with E-state index < -0.39 is 6.04 Å². The monoisotopic (exact) mass is 274 g/mol. The Kier molecular flexibility index (Phi) is 7.62. The largest absolute Gasteiger partial charge is 0.320 e. The van der Waals surface area contributed by atoms with Crippen LogP contribution in [0.15, 0.2) is 6.07 Å². The summed E-state index contributed by atoms with van der Waals surface area (Å²) >= 11 is 0. The SMILES string of the molecule is CCCCc1cc(NC(=O)[C@@H](N)C(C)C)n[nH]1.Cl. The quantitative estimate of drug-likeness (QED) is 0.743. The molecule has 1 rings (SSSR count). The summed E-state index contributed by atoms with van der Waals surface area (Å²) in [5.74, 6) is 0.485. The maximum atomic E-state index is 11.7. The first-order valence-electron chi connectivity index (χ1n) is 6.15. The van der Waals surface area contributed by atoms with Gasteiger partial charge in [-0.1, -0.05) is 27.2 Å². The number of unbranched alkanes of at least 4 members (excludes halogenated alkanes) is 1.